The molecule has 0 saturated carbocycles. The van der Waals surface area contributed by atoms with Crippen LogP contribution in [0.2, 0.25) is 0 Å². The van der Waals surface area contributed by atoms with Crippen LogP contribution in [-0.2, 0) is 6.61 Å². The number of aryl methyl sites for hydroxylation is 1. The Labute approximate surface area is 194 Å². The average Bonchev–Trinajstić information content (AvgIpc) is 2.87. The van der Waals surface area contributed by atoms with E-state index in [-0.39, 0.29) is 5.78 Å². The van der Waals surface area contributed by atoms with Crippen LogP contribution in [-0.4, -0.2) is 12.9 Å². The Kier molecular flexibility index (Phi) is 7.01. The second-order valence-electron chi connectivity index (χ2n) is 7.82. The Balaban J connectivity index is 1.45. The third-order valence-corrected chi connectivity index (χ3v) is 5.39. The van der Waals surface area contributed by atoms with Gasteiger partial charge in [-0.3, -0.25) is 4.79 Å². The molecule has 0 saturated heterocycles. The molecule has 3 heteroatoms. The number of carbonyl (C=O) groups excluding carboxylic acids is 1. The summed E-state index contributed by atoms with van der Waals surface area (Å²) in [5, 5.41) is 0. The number of allylic oxidation sites excluding steroid dienone is 1. The lowest BCUT2D eigenvalue weighted by Crippen LogP contribution is -1.99. The third-order valence-electron chi connectivity index (χ3n) is 5.39. The van der Waals surface area contributed by atoms with Crippen LogP contribution in [0, 0.1) is 6.92 Å². The summed E-state index contributed by atoms with van der Waals surface area (Å²) in [4.78, 5) is 12.5. The van der Waals surface area contributed by atoms with E-state index < -0.39 is 0 Å². The summed E-state index contributed by atoms with van der Waals surface area (Å²) in [5.74, 6) is 1.51. The summed E-state index contributed by atoms with van der Waals surface area (Å²) in [6, 6.07) is 31.7. The standard InChI is InChI=1S/C30H26O3/c1-22-7-6-10-26(19-22)29(31)17-11-23-12-18-30(32-2)27(20-23)21-33-28-15-13-25(14-16-28)24-8-4-3-5-9-24/h3-20H,21H2,1-2H3/b17-11+. The highest BCUT2D eigenvalue weighted by Crippen LogP contribution is 2.25. The number of carbonyl (C=O) groups is 1. The van der Waals surface area contributed by atoms with Gasteiger partial charge in [0.15, 0.2) is 5.78 Å². The van der Waals surface area contributed by atoms with E-state index in [1.165, 1.54) is 5.56 Å². The van der Waals surface area contributed by atoms with Crippen LogP contribution in [0.5, 0.6) is 11.5 Å². The molecule has 0 N–H and O–H groups in total. The van der Waals surface area contributed by atoms with Crippen molar-refractivity contribution in [3.05, 3.63) is 125 Å². The van der Waals surface area contributed by atoms with Crippen molar-refractivity contribution in [2.45, 2.75) is 13.5 Å². The molecule has 0 heterocycles. The molecule has 164 valence electrons. The normalized spacial score (nSPS) is 10.8. The highest BCUT2D eigenvalue weighted by Gasteiger charge is 2.07. The first kappa shape index (κ1) is 22.1. The fourth-order valence-electron chi connectivity index (χ4n) is 3.62. The quantitative estimate of drug-likeness (QED) is 0.218. The SMILES string of the molecule is COc1ccc(/C=C/C(=O)c2cccc(C)c2)cc1COc1ccc(-c2ccccc2)cc1. The lowest BCUT2D eigenvalue weighted by molar-refractivity contribution is 0.104. The minimum absolute atomic E-state index is 0.0224. The molecule has 4 aromatic rings. The van der Waals surface area contributed by atoms with Crippen molar-refractivity contribution >= 4 is 11.9 Å². The van der Waals surface area contributed by atoms with E-state index in [1.54, 1.807) is 13.2 Å². The number of hydrogen-bond acceptors (Lipinski definition) is 3. The second-order valence-corrected chi connectivity index (χ2v) is 7.82. The van der Waals surface area contributed by atoms with Crippen molar-refractivity contribution in [3.63, 3.8) is 0 Å². The molecule has 0 unspecified atom stereocenters. The lowest BCUT2D eigenvalue weighted by Gasteiger charge is -2.12. The van der Waals surface area contributed by atoms with Crippen molar-refractivity contribution in [2.75, 3.05) is 7.11 Å². The summed E-state index contributed by atoms with van der Waals surface area (Å²) < 4.78 is 11.5. The Morgan fingerprint density at radius 2 is 1.58 bits per heavy atom. The molecule has 0 aliphatic rings. The largest absolute Gasteiger partial charge is 0.496 e. The summed E-state index contributed by atoms with van der Waals surface area (Å²) in [6.07, 6.45) is 3.42. The van der Waals surface area contributed by atoms with E-state index in [2.05, 4.69) is 24.3 Å². The zero-order valence-electron chi connectivity index (χ0n) is 18.8. The van der Waals surface area contributed by atoms with Crippen LogP contribution < -0.4 is 9.47 Å². The maximum atomic E-state index is 12.5. The van der Waals surface area contributed by atoms with Gasteiger partial charge >= 0.3 is 0 Å². The minimum Gasteiger partial charge on any atom is -0.496 e. The van der Waals surface area contributed by atoms with Gasteiger partial charge in [-0.25, -0.2) is 0 Å². The molecule has 0 spiro atoms. The van der Waals surface area contributed by atoms with Crippen LogP contribution in [0.4, 0.5) is 0 Å². The zero-order valence-corrected chi connectivity index (χ0v) is 18.8. The van der Waals surface area contributed by atoms with Crippen molar-refractivity contribution < 1.29 is 14.3 Å². The average molecular weight is 435 g/mol. The second kappa shape index (κ2) is 10.5. The van der Waals surface area contributed by atoms with Gasteiger partial charge in [-0.2, -0.15) is 0 Å². The Morgan fingerprint density at radius 1 is 0.818 bits per heavy atom. The van der Waals surface area contributed by atoms with E-state index in [0.717, 1.165) is 33.8 Å². The predicted molar refractivity (Wildman–Crippen MR) is 134 cm³/mol. The molecular formula is C30H26O3. The van der Waals surface area contributed by atoms with Gasteiger partial charge in [0.1, 0.15) is 18.1 Å². The van der Waals surface area contributed by atoms with Gasteiger partial charge < -0.3 is 9.47 Å². The molecule has 0 atom stereocenters. The summed E-state index contributed by atoms with van der Waals surface area (Å²) in [5.41, 5.74) is 5.89. The molecule has 0 fully saturated rings. The first-order chi connectivity index (χ1) is 16.1. The van der Waals surface area contributed by atoms with E-state index in [9.17, 15) is 4.79 Å². The molecular weight excluding hydrogens is 408 g/mol. The monoisotopic (exact) mass is 434 g/mol. The van der Waals surface area contributed by atoms with Gasteiger partial charge in [0.25, 0.3) is 0 Å². The van der Waals surface area contributed by atoms with Crippen molar-refractivity contribution in [1.29, 1.82) is 0 Å². The predicted octanol–water partition coefficient (Wildman–Crippen LogP) is 7.15. The molecule has 0 aliphatic carbocycles. The Hall–Kier alpha value is -4.11. The van der Waals surface area contributed by atoms with Crippen LogP contribution in [0.3, 0.4) is 0 Å². The van der Waals surface area contributed by atoms with Crippen LogP contribution in [0.25, 0.3) is 17.2 Å². The summed E-state index contributed by atoms with van der Waals surface area (Å²) in [7, 11) is 1.64. The van der Waals surface area contributed by atoms with E-state index in [4.69, 9.17) is 9.47 Å². The molecule has 0 amide bonds. The molecule has 4 rings (SSSR count). The minimum atomic E-state index is -0.0224. The summed E-state index contributed by atoms with van der Waals surface area (Å²) in [6.45, 7) is 2.34. The molecule has 0 aromatic heterocycles. The maximum Gasteiger partial charge on any atom is 0.185 e. The van der Waals surface area contributed by atoms with Crippen LogP contribution >= 0.6 is 0 Å². The first-order valence-corrected chi connectivity index (χ1v) is 10.9. The number of benzene rings is 4. The van der Waals surface area contributed by atoms with Gasteiger partial charge in [-0.05, 0) is 60.0 Å². The van der Waals surface area contributed by atoms with Gasteiger partial charge in [0.05, 0.1) is 7.11 Å². The zero-order chi connectivity index (χ0) is 23.0. The Bertz CT molecular complexity index is 1260. The van der Waals surface area contributed by atoms with Crippen LogP contribution in [0.1, 0.15) is 27.0 Å². The number of hydrogen-bond donors (Lipinski definition) is 0. The van der Waals surface area contributed by atoms with Gasteiger partial charge in [-0.1, -0.05) is 78.4 Å². The van der Waals surface area contributed by atoms with Crippen molar-refractivity contribution in [3.8, 4) is 22.6 Å². The number of rotatable bonds is 8. The first-order valence-electron chi connectivity index (χ1n) is 10.9. The Morgan fingerprint density at radius 3 is 2.30 bits per heavy atom. The number of ether oxygens (including phenoxy) is 2. The molecule has 3 nitrogen and oxygen atoms in total. The maximum absolute atomic E-state index is 12.5. The fraction of sp³-hybridized carbons (Fsp3) is 0.100. The molecule has 33 heavy (non-hydrogen) atoms. The van der Waals surface area contributed by atoms with Crippen LogP contribution in [0.15, 0.2) is 103 Å². The molecule has 0 aliphatic heterocycles. The van der Waals surface area contributed by atoms with E-state index in [0.29, 0.717) is 12.2 Å². The third kappa shape index (κ3) is 5.78. The highest BCUT2D eigenvalue weighted by molar-refractivity contribution is 6.06. The van der Waals surface area contributed by atoms with E-state index in [1.807, 2.05) is 85.8 Å². The smallest absolute Gasteiger partial charge is 0.185 e. The lowest BCUT2D eigenvalue weighted by atomic mass is 10.1. The van der Waals surface area contributed by atoms with Gasteiger partial charge in [0, 0.05) is 11.1 Å². The van der Waals surface area contributed by atoms with Gasteiger partial charge in [0.2, 0.25) is 0 Å². The fourth-order valence-corrected chi connectivity index (χ4v) is 3.62. The summed E-state index contributed by atoms with van der Waals surface area (Å²) >= 11 is 0. The van der Waals surface area contributed by atoms with Crippen molar-refractivity contribution in [2.24, 2.45) is 0 Å². The van der Waals surface area contributed by atoms with Gasteiger partial charge in [-0.15, -0.1) is 0 Å². The molecule has 0 bridgehead atoms. The van der Waals surface area contributed by atoms with E-state index >= 15 is 0 Å². The highest BCUT2D eigenvalue weighted by atomic mass is 16.5. The molecule has 4 aromatic carbocycles. The topological polar surface area (TPSA) is 35.5 Å². The van der Waals surface area contributed by atoms with Crippen molar-refractivity contribution in [1.82, 2.24) is 0 Å². The number of methoxy groups -OCH3 is 1. The molecule has 0 radical (unpaired) electrons. The number of ketones is 1.